The molecule has 5 heteroatoms. The van der Waals surface area contributed by atoms with Crippen LogP contribution in [0.3, 0.4) is 0 Å². The van der Waals surface area contributed by atoms with E-state index < -0.39 is 12.0 Å². The molecule has 0 aromatic carbocycles. The lowest BCUT2D eigenvalue weighted by molar-refractivity contribution is -0.125. The molecular weight excluding hydrogens is 194 g/mol. The van der Waals surface area contributed by atoms with E-state index in [1.54, 1.807) is 0 Å². The number of carbonyl (C=O) groups is 1. The first-order chi connectivity index (χ1) is 7.18. The summed E-state index contributed by atoms with van der Waals surface area (Å²) in [6.45, 7) is 2.61. The van der Waals surface area contributed by atoms with Crippen molar-refractivity contribution in [1.29, 1.82) is 0 Å². The van der Waals surface area contributed by atoms with Gasteiger partial charge in [-0.25, -0.2) is 0 Å². The van der Waals surface area contributed by atoms with Crippen LogP contribution in [0.2, 0.25) is 0 Å². The Morgan fingerprint density at radius 2 is 2.33 bits per heavy atom. The van der Waals surface area contributed by atoms with Gasteiger partial charge in [-0.15, -0.1) is 0 Å². The highest BCUT2D eigenvalue weighted by Crippen LogP contribution is 2.27. The van der Waals surface area contributed by atoms with E-state index in [4.69, 9.17) is 5.73 Å². The molecule has 1 amide bonds. The molecule has 0 aromatic rings. The maximum absolute atomic E-state index is 10.7. The molecule has 2 rings (SSSR count). The van der Waals surface area contributed by atoms with E-state index >= 15 is 0 Å². The Hall–Kier alpha value is -0.650. The Labute approximate surface area is 89.6 Å². The van der Waals surface area contributed by atoms with Gasteiger partial charge in [0.2, 0.25) is 5.91 Å². The van der Waals surface area contributed by atoms with Crippen molar-refractivity contribution >= 4 is 5.91 Å². The van der Waals surface area contributed by atoms with E-state index in [2.05, 4.69) is 10.2 Å². The average Bonchev–Trinajstić information content (AvgIpc) is 2.76. The number of aliphatic hydroxyl groups excluding tert-OH is 1. The molecule has 0 saturated carbocycles. The summed E-state index contributed by atoms with van der Waals surface area (Å²) in [5, 5.41) is 12.5. The zero-order valence-corrected chi connectivity index (χ0v) is 8.85. The Morgan fingerprint density at radius 3 is 3.07 bits per heavy atom. The summed E-state index contributed by atoms with van der Waals surface area (Å²) in [4.78, 5) is 13.1. The standard InChI is InChI=1S/C10H19N3O2/c11-10(15)9(14)6-12-7-3-5-13-4-1-2-8(7)13/h7-9,12,14H,1-6H2,(H2,11,15). The highest BCUT2D eigenvalue weighted by atomic mass is 16.3. The molecule has 15 heavy (non-hydrogen) atoms. The predicted octanol–water partition coefficient (Wildman–Crippen LogP) is -1.34. The zero-order chi connectivity index (χ0) is 10.8. The van der Waals surface area contributed by atoms with Crippen molar-refractivity contribution in [3.63, 3.8) is 0 Å². The van der Waals surface area contributed by atoms with Crippen LogP contribution < -0.4 is 11.1 Å². The van der Waals surface area contributed by atoms with Crippen LogP contribution in [0, 0.1) is 0 Å². The first-order valence-corrected chi connectivity index (χ1v) is 5.63. The molecule has 2 saturated heterocycles. The minimum absolute atomic E-state index is 0.282. The summed E-state index contributed by atoms with van der Waals surface area (Å²) >= 11 is 0. The number of rotatable bonds is 4. The Balaban J connectivity index is 1.78. The number of hydrogen-bond acceptors (Lipinski definition) is 4. The summed E-state index contributed by atoms with van der Waals surface area (Å²) in [7, 11) is 0. The van der Waals surface area contributed by atoms with Crippen LogP contribution in [0.15, 0.2) is 0 Å². The molecule has 4 N–H and O–H groups in total. The first kappa shape index (κ1) is 10.9. The lowest BCUT2D eigenvalue weighted by Gasteiger charge is -2.22. The van der Waals surface area contributed by atoms with Crippen molar-refractivity contribution in [2.24, 2.45) is 5.73 Å². The molecule has 0 bridgehead atoms. The molecule has 2 fully saturated rings. The number of fused-ring (bicyclic) bond motifs is 1. The lowest BCUT2D eigenvalue weighted by Crippen LogP contribution is -2.45. The molecule has 2 aliphatic rings. The monoisotopic (exact) mass is 213 g/mol. The SMILES string of the molecule is NC(=O)C(O)CNC1CCN2CCCC12. The van der Waals surface area contributed by atoms with Gasteiger partial charge in [0.25, 0.3) is 0 Å². The van der Waals surface area contributed by atoms with Crippen LogP contribution >= 0.6 is 0 Å². The zero-order valence-electron chi connectivity index (χ0n) is 8.85. The average molecular weight is 213 g/mol. The highest BCUT2D eigenvalue weighted by molar-refractivity contribution is 5.78. The molecule has 0 spiro atoms. The van der Waals surface area contributed by atoms with Crippen molar-refractivity contribution in [2.75, 3.05) is 19.6 Å². The van der Waals surface area contributed by atoms with Crippen molar-refractivity contribution in [3.8, 4) is 0 Å². The van der Waals surface area contributed by atoms with E-state index in [0.717, 1.165) is 13.0 Å². The molecule has 0 aromatic heterocycles. The number of aliphatic hydroxyl groups is 1. The normalized spacial score (nSPS) is 32.9. The number of primary amides is 1. The number of nitrogens with zero attached hydrogens (tertiary/aromatic N) is 1. The van der Waals surface area contributed by atoms with Crippen molar-refractivity contribution in [1.82, 2.24) is 10.2 Å². The van der Waals surface area contributed by atoms with Gasteiger partial charge in [-0.2, -0.15) is 0 Å². The van der Waals surface area contributed by atoms with Crippen LogP contribution in [-0.2, 0) is 4.79 Å². The van der Waals surface area contributed by atoms with Crippen LogP contribution in [0.25, 0.3) is 0 Å². The quantitative estimate of drug-likeness (QED) is 0.540. The van der Waals surface area contributed by atoms with Gasteiger partial charge in [-0.05, 0) is 25.8 Å². The molecule has 0 aliphatic carbocycles. The third kappa shape index (κ3) is 2.30. The third-order valence-corrected chi connectivity index (χ3v) is 3.51. The molecule has 3 unspecified atom stereocenters. The summed E-state index contributed by atoms with van der Waals surface area (Å²) in [5.41, 5.74) is 4.99. The van der Waals surface area contributed by atoms with Gasteiger partial charge in [0.05, 0.1) is 0 Å². The van der Waals surface area contributed by atoms with E-state index in [0.29, 0.717) is 12.1 Å². The molecule has 0 radical (unpaired) electrons. The first-order valence-electron chi connectivity index (χ1n) is 5.63. The highest BCUT2D eigenvalue weighted by Gasteiger charge is 2.36. The fourth-order valence-corrected chi connectivity index (χ4v) is 2.68. The van der Waals surface area contributed by atoms with E-state index in [9.17, 15) is 9.90 Å². The lowest BCUT2D eigenvalue weighted by atomic mass is 10.1. The van der Waals surface area contributed by atoms with Crippen LogP contribution in [-0.4, -0.2) is 53.7 Å². The topological polar surface area (TPSA) is 78.6 Å². The van der Waals surface area contributed by atoms with E-state index in [1.807, 2.05) is 0 Å². The number of amides is 1. The maximum atomic E-state index is 10.7. The third-order valence-electron chi connectivity index (χ3n) is 3.51. The van der Waals surface area contributed by atoms with Gasteiger partial charge >= 0.3 is 0 Å². The number of nitrogens with one attached hydrogen (secondary N) is 1. The second kappa shape index (κ2) is 4.47. The maximum Gasteiger partial charge on any atom is 0.247 e. The van der Waals surface area contributed by atoms with E-state index in [-0.39, 0.29) is 6.54 Å². The summed E-state index contributed by atoms with van der Waals surface area (Å²) in [5.74, 6) is -0.649. The van der Waals surface area contributed by atoms with Crippen molar-refractivity contribution in [2.45, 2.75) is 37.5 Å². The second-order valence-electron chi connectivity index (χ2n) is 4.47. The van der Waals surface area contributed by atoms with Gasteiger partial charge in [-0.1, -0.05) is 0 Å². The van der Waals surface area contributed by atoms with Crippen LogP contribution in [0.4, 0.5) is 0 Å². The largest absolute Gasteiger partial charge is 0.382 e. The summed E-state index contributed by atoms with van der Waals surface area (Å²) in [6, 6.07) is 1.02. The number of hydrogen-bond donors (Lipinski definition) is 3. The van der Waals surface area contributed by atoms with Gasteiger partial charge in [0.1, 0.15) is 6.10 Å². The fourth-order valence-electron chi connectivity index (χ4n) is 2.68. The summed E-state index contributed by atoms with van der Waals surface area (Å²) in [6.07, 6.45) is 2.54. The van der Waals surface area contributed by atoms with Crippen LogP contribution in [0.1, 0.15) is 19.3 Å². The minimum atomic E-state index is -1.06. The number of carbonyl (C=O) groups excluding carboxylic acids is 1. The Kier molecular flexibility index (Phi) is 3.23. The van der Waals surface area contributed by atoms with Gasteiger partial charge in [-0.3, -0.25) is 9.69 Å². The molecule has 5 nitrogen and oxygen atoms in total. The van der Waals surface area contributed by atoms with Crippen molar-refractivity contribution < 1.29 is 9.90 Å². The number of nitrogens with two attached hydrogens (primary N) is 1. The van der Waals surface area contributed by atoms with Gasteiger partial charge in [0.15, 0.2) is 0 Å². The van der Waals surface area contributed by atoms with Gasteiger partial charge in [0, 0.05) is 25.2 Å². The van der Waals surface area contributed by atoms with E-state index in [1.165, 1.54) is 19.4 Å². The second-order valence-corrected chi connectivity index (χ2v) is 4.47. The van der Waals surface area contributed by atoms with Crippen LogP contribution in [0.5, 0.6) is 0 Å². The molecule has 2 aliphatic heterocycles. The Morgan fingerprint density at radius 1 is 1.53 bits per heavy atom. The smallest absolute Gasteiger partial charge is 0.247 e. The van der Waals surface area contributed by atoms with Crippen molar-refractivity contribution in [3.05, 3.63) is 0 Å². The predicted molar refractivity (Wildman–Crippen MR) is 56.2 cm³/mol. The molecule has 86 valence electrons. The molecular formula is C10H19N3O2. The minimum Gasteiger partial charge on any atom is -0.382 e. The Bertz CT molecular complexity index is 247. The molecule has 3 atom stereocenters. The molecule has 2 heterocycles. The fraction of sp³-hybridized carbons (Fsp3) is 0.900. The summed E-state index contributed by atoms with van der Waals surface area (Å²) < 4.78 is 0. The van der Waals surface area contributed by atoms with Gasteiger partial charge < -0.3 is 16.2 Å².